The summed E-state index contributed by atoms with van der Waals surface area (Å²) in [6, 6.07) is 0.470. The summed E-state index contributed by atoms with van der Waals surface area (Å²) in [6.45, 7) is 12.5. The van der Waals surface area contributed by atoms with E-state index in [0.29, 0.717) is 37.6 Å². The second-order valence-corrected chi connectivity index (χ2v) is 13.4. The van der Waals surface area contributed by atoms with Gasteiger partial charge in [-0.25, -0.2) is 9.59 Å². The summed E-state index contributed by atoms with van der Waals surface area (Å²) in [5.74, 6) is -0.584. The smallest absolute Gasteiger partial charge is 0.333 e. The summed E-state index contributed by atoms with van der Waals surface area (Å²) >= 11 is 0. The van der Waals surface area contributed by atoms with Gasteiger partial charge in [-0.3, -0.25) is 0 Å². The molecule has 0 atom stereocenters. The molecule has 1 aromatic heterocycles. The molecule has 1 rings (SSSR count). The molecule has 1 heterocycles. The fourth-order valence-corrected chi connectivity index (χ4v) is 5.32. The van der Waals surface area contributed by atoms with Gasteiger partial charge in [-0.05, 0) is 39.5 Å². The number of hydrogen-bond acceptors (Lipinski definition) is 11. The van der Waals surface area contributed by atoms with E-state index < -0.39 is 0 Å². The number of hydrogen-bond donors (Lipinski definition) is 1. The summed E-state index contributed by atoms with van der Waals surface area (Å²) in [7, 11) is 0. The highest BCUT2D eigenvalue weighted by Crippen LogP contribution is 2.17. The quantitative estimate of drug-likeness (QED) is 0.0403. The van der Waals surface area contributed by atoms with Gasteiger partial charge in [0.15, 0.2) is 0 Å². The van der Waals surface area contributed by atoms with Crippen LogP contribution < -0.4 is 14.2 Å². The van der Waals surface area contributed by atoms with Crippen molar-refractivity contribution in [3.8, 4) is 18.0 Å². The number of aromatic nitrogens is 3. The number of carbonyl (C=O) groups is 2. The standard InChI is InChI=1S/C40H69N3O8/c1-34(2)36(45)47-29-24-20-16-12-8-5-6-9-14-18-22-26-31-49-38-41-39(43-40(42-38)51-33-28-44)50-32-27-23-19-15-11-7-10-13-17-21-25-30-48-37(46)35(3)4/h44H,1,3,5-33H2,2,4H3. The molecule has 0 saturated carbocycles. The number of esters is 2. The Morgan fingerprint density at radius 1 is 0.431 bits per heavy atom. The average Bonchev–Trinajstić information content (AvgIpc) is 3.11. The van der Waals surface area contributed by atoms with E-state index in [1.54, 1.807) is 13.8 Å². The molecule has 1 aromatic rings. The summed E-state index contributed by atoms with van der Waals surface area (Å²) in [4.78, 5) is 35.4. The molecular weight excluding hydrogens is 650 g/mol. The maximum absolute atomic E-state index is 11.3. The van der Waals surface area contributed by atoms with Gasteiger partial charge >= 0.3 is 30.0 Å². The van der Waals surface area contributed by atoms with Gasteiger partial charge in [-0.15, -0.1) is 15.0 Å². The van der Waals surface area contributed by atoms with Crippen molar-refractivity contribution < 1.29 is 38.4 Å². The fourth-order valence-electron chi connectivity index (χ4n) is 5.32. The normalized spacial score (nSPS) is 10.9. The Morgan fingerprint density at radius 2 is 0.667 bits per heavy atom. The summed E-state index contributed by atoms with van der Waals surface area (Å²) in [6.07, 6.45) is 26.6. The second-order valence-electron chi connectivity index (χ2n) is 13.4. The molecule has 0 amide bonds. The largest absolute Gasteiger partial charge is 0.463 e. The molecule has 51 heavy (non-hydrogen) atoms. The van der Waals surface area contributed by atoms with Crippen LogP contribution in [-0.4, -0.2) is 71.6 Å². The van der Waals surface area contributed by atoms with Crippen molar-refractivity contribution in [1.82, 2.24) is 15.0 Å². The van der Waals surface area contributed by atoms with Gasteiger partial charge < -0.3 is 28.8 Å². The van der Waals surface area contributed by atoms with Crippen molar-refractivity contribution in [3.63, 3.8) is 0 Å². The minimum Gasteiger partial charge on any atom is -0.463 e. The molecule has 292 valence electrons. The van der Waals surface area contributed by atoms with Crippen LogP contribution in [0.2, 0.25) is 0 Å². The number of rotatable bonds is 36. The molecular formula is C40H69N3O8. The van der Waals surface area contributed by atoms with Crippen LogP contribution in [0.3, 0.4) is 0 Å². The second kappa shape index (κ2) is 32.7. The van der Waals surface area contributed by atoms with E-state index in [0.717, 1.165) is 51.4 Å². The van der Waals surface area contributed by atoms with Crippen molar-refractivity contribution in [3.05, 3.63) is 24.3 Å². The fraction of sp³-hybridized carbons (Fsp3) is 0.775. The Bertz CT molecular complexity index is 1070. The van der Waals surface area contributed by atoms with E-state index in [-0.39, 0.29) is 43.2 Å². The predicted molar refractivity (Wildman–Crippen MR) is 201 cm³/mol. The van der Waals surface area contributed by atoms with Gasteiger partial charge in [-0.2, -0.15) is 0 Å². The average molecular weight is 720 g/mol. The van der Waals surface area contributed by atoms with E-state index in [1.165, 1.54) is 96.3 Å². The highest BCUT2D eigenvalue weighted by molar-refractivity contribution is 5.87. The van der Waals surface area contributed by atoms with Crippen molar-refractivity contribution >= 4 is 11.9 Å². The first-order chi connectivity index (χ1) is 24.8. The predicted octanol–water partition coefficient (Wildman–Crippen LogP) is 9.21. The number of aliphatic hydroxyl groups excluding tert-OH is 1. The van der Waals surface area contributed by atoms with Crippen LogP contribution in [0.1, 0.15) is 162 Å². The number of unbranched alkanes of at least 4 members (excludes halogenated alkanes) is 21. The first kappa shape index (κ1) is 45.8. The molecule has 0 spiro atoms. The zero-order chi connectivity index (χ0) is 37.2. The monoisotopic (exact) mass is 720 g/mol. The molecule has 0 aromatic carbocycles. The molecule has 11 heteroatoms. The summed E-state index contributed by atoms with van der Waals surface area (Å²) in [5.41, 5.74) is 0.915. The van der Waals surface area contributed by atoms with Crippen LogP contribution in [0, 0.1) is 0 Å². The summed E-state index contributed by atoms with van der Waals surface area (Å²) < 4.78 is 27.3. The van der Waals surface area contributed by atoms with Crippen LogP contribution in [0.5, 0.6) is 18.0 Å². The Balaban J connectivity index is 2.05. The van der Waals surface area contributed by atoms with Crippen LogP contribution >= 0.6 is 0 Å². The lowest BCUT2D eigenvalue weighted by atomic mass is 10.1. The van der Waals surface area contributed by atoms with Gasteiger partial charge in [0.2, 0.25) is 0 Å². The first-order valence-corrected chi connectivity index (χ1v) is 19.7. The highest BCUT2D eigenvalue weighted by Gasteiger charge is 2.10. The zero-order valence-electron chi connectivity index (χ0n) is 32.1. The third-order valence-corrected chi connectivity index (χ3v) is 8.35. The minimum atomic E-state index is -0.294. The molecule has 0 radical (unpaired) electrons. The lowest BCUT2D eigenvalue weighted by Crippen LogP contribution is -2.10. The maximum Gasteiger partial charge on any atom is 0.333 e. The van der Waals surface area contributed by atoms with Crippen molar-refractivity contribution in [1.29, 1.82) is 0 Å². The van der Waals surface area contributed by atoms with Crippen molar-refractivity contribution in [2.24, 2.45) is 0 Å². The number of aliphatic hydroxyl groups is 1. The van der Waals surface area contributed by atoms with Crippen molar-refractivity contribution in [2.45, 2.75) is 162 Å². The Hall–Kier alpha value is -3.21. The maximum atomic E-state index is 11.3. The van der Waals surface area contributed by atoms with E-state index >= 15 is 0 Å². The molecule has 0 aliphatic carbocycles. The highest BCUT2D eigenvalue weighted by atomic mass is 16.5. The SMILES string of the molecule is C=C(C)C(=O)OCCCCCCCCCCCCCCOc1nc(OCCO)nc(OCCCCCCCCCCCCCOC(=O)C(=C)C)n1. The number of ether oxygens (including phenoxy) is 5. The zero-order valence-corrected chi connectivity index (χ0v) is 32.1. The van der Waals surface area contributed by atoms with Gasteiger partial charge in [0.25, 0.3) is 0 Å². The topological polar surface area (TPSA) is 139 Å². The molecule has 0 saturated heterocycles. The Morgan fingerprint density at radius 3 is 0.922 bits per heavy atom. The van der Waals surface area contributed by atoms with E-state index in [9.17, 15) is 9.59 Å². The summed E-state index contributed by atoms with van der Waals surface area (Å²) in [5, 5.41) is 9.13. The van der Waals surface area contributed by atoms with Gasteiger partial charge in [0.1, 0.15) is 6.61 Å². The van der Waals surface area contributed by atoms with Gasteiger partial charge in [0.05, 0.1) is 33.0 Å². The van der Waals surface area contributed by atoms with Gasteiger partial charge in [0, 0.05) is 11.1 Å². The third kappa shape index (κ3) is 28.1. The first-order valence-electron chi connectivity index (χ1n) is 19.7. The molecule has 11 nitrogen and oxygen atoms in total. The molecule has 1 N–H and O–H groups in total. The molecule has 0 unspecified atom stereocenters. The van der Waals surface area contributed by atoms with E-state index in [1.807, 2.05) is 0 Å². The number of nitrogens with zero attached hydrogens (tertiary/aromatic N) is 3. The lowest BCUT2D eigenvalue weighted by Gasteiger charge is -2.10. The van der Waals surface area contributed by atoms with Crippen molar-refractivity contribution in [2.75, 3.05) is 39.6 Å². The van der Waals surface area contributed by atoms with Crippen LogP contribution in [0.15, 0.2) is 24.3 Å². The Labute approximate surface area is 308 Å². The van der Waals surface area contributed by atoms with Crippen LogP contribution in [-0.2, 0) is 19.1 Å². The lowest BCUT2D eigenvalue weighted by molar-refractivity contribution is -0.139. The molecule has 0 bridgehead atoms. The Kier molecular flexibility index (Phi) is 29.4. The molecule has 0 aliphatic heterocycles. The minimum absolute atomic E-state index is 0.0879. The number of carbonyl (C=O) groups excluding carboxylic acids is 2. The van der Waals surface area contributed by atoms with Gasteiger partial charge in [-0.1, -0.05) is 135 Å². The van der Waals surface area contributed by atoms with Crippen LogP contribution in [0.25, 0.3) is 0 Å². The molecule has 0 aliphatic rings. The molecule has 0 fully saturated rings. The van der Waals surface area contributed by atoms with Crippen LogP contribution in [0.4, 0.5) is 0 Å². The third-order valence-electron chi connectivity index (χ3n) is 8.35. The van der Waals surface area contributed by atoms with E-state index in [4.69, 9.17) is 28.8 Å². The van der Waals surface area contributed by atoms with E-state index in [2.05, 4.69) is 28.1 Å².